The number of hydrogen-bond acceptors (Lipinski definition) is 3. The van der Waals surface area contributed by atoms with Crippen molar-refractivity contribution in [3.8, 4) is 17.6 Å². The zero-order valence-electron chi connectivity index (χ0n) is 8.78. The van der Waals surface area contributed by atoms with Crippen LogP contribution in [0.4, 0.5) is 0 Å². The molecule has 2 rings (SSSR count). The first kappa shape index (κ1) is 10.3. The van der Waals surface area contributed by atoms with Crippen molar-refractivity contribution in [1.82, 2.24) is 0 Å². The van der Waals surface area contributed by atoms with Gasteiger partial charge in [-0.25, -0.2) is 4.79 Å². The summed E-state index contributed by atoms with van der Waals surface area (Å²) in [5.41, 5.74) is -0.525. The molecule has 0 bridgehead atoms. The summed E-state index contributed by atoms with van der Waals surface area (Å²) in [5, 5.41) is 10.4. The Labute approximate surface area is 92.3 Å². The van der Waals surface area contributed by atoms with Crippen molar-refractivity contribution >= 4 is 10.8 Å². The molecule has 0 amide bonds. The fraction of sp³-hybridized carbons (Fsp3) is 0.154. The fourth-order valence-electron chi connectivity index (χ4n) is 1.54. The first-order chi connectivity index (χ1) is 7.72. The number of benzene rings is 1. The minimum atomic E-state index is -0.525. The normalized spacial score (nSPS) is 9.81. The molecule has 1 N–H and O–H groups in total. The van der Waals surface area contributed by atoms with Gasteiger partial charge in [0.2, 0.25) is 0 Å². The SMILES string of the molecule is CC#CCc1cc2cccc(O)c2c(=O)o1. The maximum atomic E-state index is 11.6. The second kappa shape index (κ2) is 4.11. The summed E-state index contributed by atoms with van der Waals surface area (Å²) in [6.07, 6.45) is 0.400. The van der Waals surface area contributed by atoms with Crippen LogP contribution in [0.2, 0.25) is 0 Å². The van der Waals surface area contributed by atoms with Crippen LogP contribution in [0, 0.1) is 11.8 Å². The van der Waals surface area contributed by atoms with Gasteiger partial charge in [-0.05, 0) is 24.4 Å². The molecule has 1 heterocycles. The Morgan fingerprint density at radius 3 is 3.00 bits per heavy atom. The van der Waals surface area contributed by atoms with Gasteiger partial charge in [-0.15, -0.1) is 5.92 Å². The lowest BCUT2D eigenvalue weighted by atomic mass is 10.1. The average molecular weight is 214 g/mol. The predicted octanol–water partition coefficient (Wildman–Crippen LogP) is 2.06. The molecule has 1 aromatic carbocycles. The fourth-order valence-corrected chi connectivity index (χ4v) is 1.54. The number of aromatic hydroxyl groups is 1. The van der Waals surface area contributed by atoms with Crippen LogP contribution in [0.1, 0.15) is 12.7 Å². The molecule has 3 nitrogen and oxygen atoms in total. The van der Waals surface area contributed by atoms with E-state index >= 15 is 0 Å². The first-order valence-corrected chi connectivity index (χ1v) is 4.86. The van der Waals surface area contributed by atoms with E-state index in [1.165, 1.54) is 6.07 Å². The molecule has 1 aromatic heterocycles. The highest BCUT2D eigenvalue weighted by molar-refractivity contribution is 5.86. The van der Waals surface area contributed by atoms with E-state index < -0.39 is 5.63 Å². The van der Waals surface area contributed by atoms with Crippen molar-refractivity contribution in [2.45, 2.75) is 13.3 Å². The highest BCUT2D eigenvalue weighted by Gasteiger charge is 2.07. The molecule has 0 saturated carbocycles. The van der Waals surface area contributed by atoms with Crippen LogP contribution < -0.4 is 5.63 Å². The topological polar surface area (TPSA) is 50.4 Å². The Kier molecular flexibility index (Phi) is 2.65. The maximum Gasteiger partial charge on any atom is 0.347 e. The van der Waals surface area contributed by atoms with Crippen molar-refractivity contribution in [2.24, 2.45) is 0 Å². The zero-order chi connectivity index (χ0) is 11.5. The van der Waals surface area contributed by atoms with Crippen LogP contribution >= 0.6 is 0 Å². The molecule has 0 radical (unpaired) electrons. The molecular weight excluding hydrogens is 204 g/mol. The van der Waals surface area contributed by atoms with E-state index in [0.717, 1.165) is 0 Å². The molecular formula is C13H10O3. The molecule has 0 aliphatic heterocycles. The molecule has 0 fully saturated rings. The Morgan fingerprint density at radius 2 is 2.25 bits per heavy atom. The first-order valence-electron chi connectivity index (χ1n) is 4.86. The average Bonchev–Trinajstić information content (AvgIpc) is 2.26. The Bertz CT molecular complexity index is 642. The third-order valence-electron chi connectivity index (χ3n) is 2.26. The van der Waals surface area contributed by atoms with E-state index in [0.29, 0.717) is 17.6 Å². The Morgan fingerprint density at radius 1 is 1.44 bits per heavy atom. The van der Waals surface area contributed by atoms with Crippen LogP contribution in [-0.2, 0) is 6.42 Å². The summed E-state index contributed by atoms with van der Waals surface area (Å²) in [5.74, 6) is 6.01. The highest BCUT2D eigenvalue weighted by Crippen LogP contribution is 2.21. The third-order valence-corrected chi connectivity index (χ3v) is 2.26. The molecule has 0 unspecified atom stereocenters. The van der Waals surface area contributed by atoms with E-state index in [4.69, 9.17) is 4.42 Å². The molecule has 0 atom stereocenters. The van der Waals surface area contributed by atoms with Crippen molar-refractivity contribution < 1.29 is 9.52 Å². The summed E-state index contributed by atoms with van der Waals surface area (Å²) >= 11 is 0. The number of hydrogen-bond donors (Lipinski definition) is 1. The summed E-state index contributed by atoms with van der Waals surface area (Å²) in [4.78, 5) is 11.6. The number of fused-ring (bicyclic) bond motifs is 1. The van der Waals surface area contributed by atoms with Crippen LogP contribution in [0.3, 0.4) is 0 Å². The maximum absolute atomic E-state index is 11.6. The van der Waals surface area contributed by atoms with Crippen LogP contribution in [0.5, 0.6) is 5.75 Å². The summed E-state index contributed by atoms with van der Waals surface area (Å²) in [6.45, 7) is 1.73. The molecule has 3 heteroatoms. The zero-order valence-corrected chi connectivity index (χ0v) is 8.78. The Balaban J connectivity index is 2.67. The predicted molar refractivity (Wildman–Crippen MR) is 61.3 cm³/mol. The van der Waals surface area contributed by atoms with Gasteiger partial charge >= 0.3 is 5.63 Å². The van der Waals surface area contributed by atoms with Gasteiger partial charge in [-0.3, -0.25) is 0 Å². The highest BCUT2D eigenvalue weighted by atomic mass is 16.4. The lowest BCUT2D eigenvalue weighted by Crippen LogP contribution is -2.02. The molecule has 0 spiro atoms. The van der Waals surface area contributed by atoms with E-state index in [-0.39, 0.29) is 11.1 Å². The van der Waals surface area contributed by atoms with E-state index in [1.54, 1.807) is 25.1 Å². The second-order valence-corrected chi connectivity index (χ2v) is 3.35. The standard InChI is InChI=1S/C13H10O3/c1-2-3-6-10-8-9-5-4-7-11(14)12(9)13(15)16-10/h4-5,7-8,14H,6H2,1H3. The lowest BCUT2D eigenvalue weighted by Gasteiger charge is -2.00. The Hall–Kier alpha value is -2.21. The summed E-state index contributed by atoms with van der Waals surface area (Å²) in [7, 11) is 0. The van der Waals surface area contributed by atoms with Crippen LogP contribution in [0.15, 0.2) is 33.5 Å². The summed E-state index contributed by atoms with van der Waals surface area (Å²) < 4.78 is 5.06. The number of phenolic OH excluding ortho intramolecular Hbond substituents is 1. The minimum Gasteiger partial charge on any atom is -0.507 e. The number of phenols is 1. The van der Waals surface area contributed by atoms with E-state index in [1.807, 2.05) is 0 Å². The minimum absolute atomic E-state index is 0.0561. The van der Waals surface area contributed by atoms with Crippen molar-refractivity contribution in [3.05, 3.63) is 40.4 Å². The van der Waals surface area contributed by atoms with Crippen molar-refractivity contribution in [2.75, 3.05) is 0 Å². The third kappa shape index (κ3) is 1.78. The molecule has 80 valence electrons. The molecule has 0 saturated heterocycles. The van der Waals surface area contributed by atoms with Crippen molar-refractivity contribution in [1.29, 1.82) is 0 Å². The molecule has 0 aliphatic rings. The summed E-state index contributed by atoms with van der Waals surface area (Å²) in [6, 6.07) is 6.63. The van der Waals surface area contributed by atoms with Gasteiger partial charge in [0.15, 0.2) is 0 Å². The van der Waals surface area contributed by atoms with Gasteiger partial charge in [0, 0.05) is 0 Å². The van der Waals surface area contributed by atoms with Gasteiger partial charge < -0.3 is 9.52 Å². The molecule has 16 heavy (non-hydrogen) atoms. The molecule has 2 aromatic rings. The van der Waals surface area contributed by atoms with Crippen LogP contribution in [-0.4, -0.2) is 5.11 Å². The number of rotatable bonds is 1. The van der Waals surface area contributed by atoms with Gasteiger partial charge in [-0.1, -0.05) is 18.1 Å². The van der Waals surface area contributed by atoms with Gasteiger partial charge in [-0.2, -0.15) is 0 Å². The van der Waals surface area contributed by atoms with Gasteiger partial charge in [0.25, 0.3) is 0 Å². The van der Waals surface area contributed by atoms with Crippen LogP contribution in [0.25, 0.3) is 10.8 Å². The van der Waals surface area contributed by atoms with E-state index in [9.17, 15) is 9.90 Å². The smallest absolute Gasteiger partial charge is 0.347 e. The largest absolute Gasteiger partial charge is 0.507 e. The lowest BCUT2D eigenvalue weighted by molar-refractivity contribution is 0.462. The monoisotopic (exact) mass is 214 g/mol. The quantitative estimate of drug-likeness (QED) is 0.739. The second-order valence-electron chi connectivity index (χ2n) is 3.35. The molecule has 0 aliphatic carbocycles. The van der Waals surface area contributed by atoms with Gasteiger partial charge in [0.1, 0.15) is 16.9 Å². The van der Waals surface area contributed by atoms with E-state index in [2.05, 4.69) is 11.8 Å². The van der Waals surface area contributed by atoms with Crippen molar-refractivity contribution in [3.63, 3.8) is 0 Å². The van der Waals surface area contributed by atoms with Gasteiger partial charge in [0.05, 0.1) is 6.42 Å².